The van der Waals surface area contributed by atoms with Gasteiger partial charge in [0.25, 0.3) is 0 Å². The molecular formula is C8H11ClN2O2. The van der Waals surface area contributed by atoms with Crippen molar-refractivity contribution in [2.75, 3.05) is 13.6 Å². The van der Waals surface area contributed by atoms with Gasteiger partial charge in [-0.1, -0.05) is 18.2 Å². The van der Waals surface area contributed by atoms with Crippen LogP contribution in [0.3, 0.4) is 0 Å². The predicted molar refractivity (Wildman–Crippen MR) is 49.2 cm³/mol. The fourth-order valence-electron chi connectivity index (χ4n) is 1.15. The average molecular weight is 203 g/mol. The van der Waals surface area contributed by atoms with E-state index in [1.54, 1.807) is 0 Å². The Balaban J connectivity index is 2.49. The molecule has 0 saturated carbocycles. The molecule has 0 aromatic heterocycles. The zero-order chi connectivity index (χ0) is 10.0. The van der Waals surface area contributed by atoms with E-state index in [9.17, 15) is 9.59 Å². The van der Waals surface area contributed by atoms with E-state index in [4.69, 9.17) is 11.6 Å². The summed E-state index contributed by atoms with van der Waals surface area (Å²) in [6.07, 6.45) is 0.208. The first kappa shape index (κ1) is 10.2. The number of carbonyl (C=O) groups is 2. The molecule has 1 fully saturated rings. The molecule has 2 amide bonds. The van der Waals surface area contributed by atoms with Gasteiger partial charge in [0.05, 0.1) is 12.5 Å². The van der Waals surface area contributed by atoms with E-state index in [0.29, 0.717) is 11.6 Å². The summed E-state index contributed by atoms with van der Waals surface area (Å²) in [5.41, 5.74) is 0. The second-order valence-corrected chi connectivity index (χ2v) is 3.48. The van der Waals surface area contributed by atoms with E-state index >= 15 is 0 Å². The van der Waals surface area contributed by atoms with Crippen molar-refractivity contribution in [3.63, 3.8) is 0 Å². The van der Waals surface area contributed by atoms with Gasteiger partial charge < -0.3 is 5.32 Å². The predicted octanol–water partition coefficient (Wildman–Crippen LogP) is 0.0858. The lowest BCUT2D eigenvalue weighted by Crippen LogP contribution is -2.37. The molecule has 1 atom stereocenters. The number of nitrogens with one attached hydrogen (secondary N) is 1. The van der Waals surface area contributed by atoms with Crippen molar-refractivity contribution in [2.24, 2.45) is 0 Å². The van der Waals surface area contributed by atoms with Crippen molar-refractivity contribution in [3.8, 4) is 0 Å². The molecule has 13 heavy (non-hydrogen) atoms. The van der Waals surface area contributed by atoms with Gasteiger partial charge in [0.15, 0.2) is 0 Å². The zero-order valence-corrected chi connectivity index (χ0v) is 8.10. The molecule has 1 heterocycles. The fraction of sp³-hybridized carbons (Fsp3) is 0.500. The Morgan fingerprint density at radius 2 is 2.38 bits per heavy atom. The third-order valence-electron chi connectivity index (χ3n) is 1.92. The van der Waals surface area contributed by atoms with Crippen LogP contribution in [0.1, 0.15) is 6.42 Å². The highest BCUT2D eigenvalue weighted by Gasteiger charge is 2.35. The van der Waals surface area contributed by atoms with Crippen LogP contribution >= 0.6 is 11.6 Å². The summed E-state index contributed by atoms with van der Waals surface area (Å²) in [4.78, 5) is 23.5. The minimum atomic E-state index is -0.437. The number of amides is 2. The van der Waals surface area contributed by atoms with Crippen LogP contribution in [0, 0.1) is 0 Å². The standard InChI is InChI=1S/C8H11ClN2O2/c1-5(9)4-10-6-3-7(12)11(2)8(6)13/h6,10H,1,3-4H2,2H3. The SMILES string of the molecule is C=C(Cl)CNC1CC(=O)N(C)C1=O. The van der Waals surface area contributed by atoms with Gasteiger partial charge in [-0.3, -0.25) is 14.5 Å². The molecule has 1 aliphatic rings. The number of imide groups is 1. The summed E-state index contributed by atoms with van der Waals surface area (Å²) in [7, 11) is 1.47. The van der Waals surface area contributed by atoms with E-state index in [1.165, 1.54) is 7.05 Å². The maximum absolute atomic E-state index is 11.3. The molecule has 0 aliphatic carbocycles. The topological polar surface area (TPSA) is 49.4 Å². The number of likely N-dealkylation sites (N-methyl/N-ethyl adjacent to an activating group) is 1. The van der Waals surface area contributed by atoms with Gasteiger partial charge in [0.1, 0.15) is 0 Å². The van der Waals surface area contributed by atoms with Crippen molar-refractivity contribution >= 4 is 23.4 Å². The Bertz CT molecular complexity index is 265. The molecule has 1 rings (SSSR count). The van der Waals surface area contributed by atoms with E-state index in [0.717, 1.165) is 4.90 Å². The number of hydrogen-bond donors (Lipinski definition) is 1. The van der Waals surface area contributed by atoms with Gasteiger partial charge in [0, 0.05) is 18.6 Å². The highest BCUT2D eigenvalue weighted by molar-refractivity contribution is 6.29. The van der Waals surface area contributed by atoms with Gasteiger partial charge in [0.2, 0.25) is 11.8 Å². The monoisotopic (exact) mass is 202 g/mol. The van der Waals surface area contributed by atoms with Crippen LogP contribution in [0.5, 0.6) is 0 Å². The molecule has 0 bridgehead atoms. The van der Waals surface area contributed by atoms with Gasteiger partial charge in [-0.05, 0) is 0 Å². The summed E-state index contributed by atoms with van der Waals surface area (Å²) in [6, 6.07) is -0.437. The smallest absolute Gasteiger partial charge is 0.246 e. The number of hydrogen-bond acceptors (Lipinski definition) is 3. The third kappa shape index (κ3) is 2.29. The van der Waals surface area contributed by atoms with Gasteiger partial charge >= 0.3 is 0 Å². The van der Waals surface area contributed by atoms with Crippen LogP contribution < -0.4 is 5.32 Å². The number of carbonyl (C=O) groups excluding carboxylic acids is 2. The molecule has 0 aromatic rings. The van der Waals surface area contributed by atoms with E-state index in [-0.39, 0.29) is 18.2 Å². The van der Waals surface area contributed by atoms with Crippen LogP contribution in [-0.4, -0.2) is 36.3 Å². The number of likely N-dealkylation sites (tertiary alicyclic amines) is 1. The molecule has 4 nitrogen and oxygen atoms in total. The molecule has 0 radical (unpaired) electrons. The zero-order valence-electron chi connectivity index (χ0n) is 7.34. The largest absolute Gasteiger partial charge is 0.300 e. The normalized spacial score (nSPS) is 22.6. The van der Waals surface area contributed by atoms with E-state index in [1.807, 2.05) is 0 Å². The van der Waals surface area contributed by atoms with Gasteiger partial charge in [-0.15, -0.1) is 0 Å². The minimum Gasteiger partial charge on any atom is -0.300 e. The summed E-state index contributed by atoms with van der Waals surface area (Å²) in [5.74, 6) is -0.370. The fourth-order valence-corrected chi connectivity index (χ4v) is 1.23. The number of nitrogens with zero attached hydrogens (tertiary/aromatic N) is 1. The quantitative estimate of drug-likeness (QED) is 0.660. The highest BCUT2D eigenvalue weighted by Crippen LogP contribution is 2.10. The molecule has 1 aliphatic heterocycles. The molecule has 5 heteroatoms. The summed E-state index contributed by atoms with van der Waals surface area (Å²) in [6.45, 7) is 3.82. The molecule has 1 N–H and O–H groups in total. The third-order valence-corrected chi connectivity index (χ3v) is 2.06. The van der Waals surface area contributed by atoms with Crippen LogP contribution in [0.25, 0.3) is 0 Å². The Kier molecular flexibility index (Phi) is 3.06. The molecular weight excluding hydrogens is 192 g/mol. The van der Waals surface area contributed by atoms with Crippen molar-refractivity contribution < 1.29 is 9.59 Å². The molecule has 0 spiro atoms. The summed E-state index contributed by atoms with van der Waals surface area (Å²) < 4.78 is 0. The Morgan fingerprint density at radius 3 is 2.77 bits per heavy atom. The van der Waals surface area contributed by atoms with Crippen molar-refractivity contribution in [1.82, 2.24) is 10.2 Å². The molecule has 1 saturated heterocycles. The highest BCUT2D eigenvalue weighted by atomic mass is 35.5. The van der Waals surface area contributed by atoms with Crippen molar-refractivity contribution in [1.29, 1.82) is 0 Å². The second-order valence-electron chi connectivity index (χ2n) is 2.95. The summed E-state index contributed by atoms with van der Waals surface area (Å²) in [5, 5.41) is 3.27. The lowest BCUT2D eigenvalue weighted by Gasteiger charge is -2.09. The van der Waals surface area contributed by atoms with Crippen molar-refractivity contribution in [3.05, 3.63) is 11.6 Å². The maximum atomic E-state index is 11.3. The molecule has 0 aromatic carbocycles. The Labute approximate surface area is 81.5 Å². The number of rotatable bonds is 3. The first-order chi connectivity index (χ1) is 6.02. The first-order valence-electron chi connectivity index (χ1n) is 3.89. The van der Waals surface area contributed by atoms with Crippen LogP contribution in [0.15, 0.2) is 11.6 Å². The Hall–Kier alpha value is -0.870. The van der Waals surface area contributed by atoms with Gasteiger partial charge in [-0.25, -0.2) is 0 Å². The van der Waals surface area contributed by atoms with Crippen molar-refractivity contribution in [2.45, 2.75) is 12.5 Å². The van der Waals surface area contributed by atoms with Crippen LogP contribution in [-0.2, 0) is 9.59 Å². The average Bonchev–Trinajstić information content (AvgIpc) is 2.29. The minimum absolute atomic E-state index is 0.164. The lowest BCUT2D eigenvalue weighted by atomic mass is 10.2. The maximum Gasteiger partial charge on any atom is 0.246 e. The number of halogens is 1. The molecule has 1 unspecified atom stereocenters. The second kappa shape index (κ2) is 3.89. The Morgan fingerprint density at radius 1 is 1.77 bits per heavy atom. The van der Waals surface area contributed by atoms with Crippen LogP contribution in [0.2, 0.25) is 0 Å². The van der Waals surface area contributed by atoms with Gasteiger partial charge in [-0.2, -0.15) is 0 Å². The van der Waals surface area contributed by atoms with E-state index in [2.05, 4.69) is 11.9 Å². The molecule has 72 valence electrons. The van der Waals surface area contributed by atoms with E-state index < -0.39 is 6.04 Å². The van der Waals surface area contributed by atoms with Crippen LogP contribution in [0.4, 0.5) is 0 Å². The first-order valence-corrected chi connectivity index (χ1v) is 4.27. The summed E-state index contributed by atoms with van der Waals surface area (Å²) >= 11 is 5.51. The lowest BCUT2D eigenvalue weighted by molar-refractivity contribution is -0.137.